The minimum atomic E-state index is -0.0173. The van der Waals surface area contributed by atoms with Gasteiger partial charge in [-0.2, -0.15) is 5.26 Å². The normalized spacial score (nSPS) is 11.8. The molecular formula is C23H30N3O+. The van der Waals surface area contributed by atoms with E-state index >= 15 is 0 Å². The molecule has 0 spiro atoms. The van der Waals surface area contributed by atoms with Gasteiger partial charge in [0.15, 0.2) is 6.54 Å². The van der Waals surface area contributed by atoms with Gasteiger partial charge in [0.25, 0.3) is 5.91 Å². The zero-order valence-corrected chi connectivity index (χ0v) is 16.5. The van der Waals surface area contributed by atoms with Gasteiger partial charge in [-0.1, -0.05) is 63.6 Å². The number of anilines is 1. The van der Waals surface area contributed by atoms with Gasteiger partial charge in [0.05, 0.1) is 12.5 Å². The molecule has 2 aromatic carbocycles. The fourth-order valence-electron chi connectivity index (χ4n) is 3.23. The van der Waals surface area contributed by atoms with E-state index in [-0.39, 0.29) is 11.9 Å². The first-order valence-corrected chi connectivity index (χ1v) is 9.71. The molecule has 2 rings (SSSR count). The number of nitriles is 1. The summed E-state index contributed by atoms with van der Waals surface area (Å²) in [6.45, 7) is 6.94. The van der Waals surface area contributed by atoms with E-state index in [9.17, 15) is 4.79 Å². The molecule has 4 heteroatoms. The lowest BCUT2D eigenvalue weighted by molar-refractivity contribution is -0.692. The van der Waals surface area contributed by atoms with Gasteiger partial charge in [-0.3, -0.25) is 4.79 Å². The van der Waals surface area contributed by atoms with Crippen LogP contribution in [-0.2, 0) is 17.6 Å². The van der Waals surface area contributed by atoms with Gasteiger partial charge in [-0.05, 0) is 29.7 Å². The van der Waals surface area contributed by atoms with E-state index in [1.807, 2.05) is 24.3 Å². The van der Waals surface area contributed by atoms with Crippen LogP contribution in [0.25, 0.3) is 0 Å². The number of amides is 1. The molecule has 0 aliphatic carbocycles. The number of hydrogen-bond acceptors (Lipinski definition) is 2. The number of nitrogens with zero attached hydrogens (tertiary/aromatic N) is 1. The summed E-state index contributed by atoms with van der Waals surface area (Å²) in [4.78, 5) is 12.3. The summed E-state index contributed by atoms with van der Waals surface area (Å²) in [6.07, 6.45) is 2.64. The largest absolute Gasteiger partial charge is 0.332 e. The van der Waals surface area contributed by atoms with Crippen LogP contribution in [0.15, 0.2) is 48.5 Å². The molecule has 142 valence electrons. The Morgan fingerprint density at radius 1 is 1.07 bits per heavy atom. The summed E-state index contributed by atoms with van der Waals surface area (Å²) in [6, 6.07) is 18.6. The smallest absolute Gasteiger partial charge is 0.279 e. The second-order valence-electron chi connectivity index (χ2n) is 7.28. The molecule has 1 atom stereocenters. The first-order chi connectivity index (χ1) is 13.0. The van der Waals surface area contributed by atoms with Crippen molar-refractivity contribution >= 4 is 11.6 Å². The van der Waals surface area contributed by atoms with Crippen molar-refractivity contribution in [2.45, 2.75) is 46.1 Å². The first-order valence-electron chi connectivity index (χ1n) is 9.71. The van der Waals surface area contributed by atoms with Crippen molar-refractivity contribution < 1.29 is 10.1 Å². The lowest BCUT2D eigenvalue weighted by atomic mass is 9.94. The van der Waals surface area contributed by atoms with Gasteiger partial charge in [0.2, 0.25) is 0 Å². The van der Waals surface area contributed by atoms with E-state index in [1.54, 1.807) is 0 Å². The highest BCUT2D eigenvalue weighted by atomic mass is 16.1. The van der Waals surface area contributed by atoms with E-state index in [1.165, 1.54) is 11.1 Å². The van der Waals surface area contributed by atoms with Crippen molar-refractivity contribution in [3.8, 4) is 6.07 Å². The molecule has 0 bridgehead atoms. The van der Waals surface area contributed by atoms with Crippen molar-refractivity contribution in [1.82, 2.24) is 0 Å². The Labute approximate surface area is 162 Å². The van der Waals surface area contributed by atoms with Crippen LogP contribution >= 0.6 is 0 Å². The molecule has 4 nitrogen and oxygen atoms in total. The highest BCUT2D eigenvalue weighted by molar-refractivity contribution is 5.91. The molecule has 0 unspecified atom stereocenters. The average Bonchev–Trinajstić information content (AvgIpc) is 2.65. The Kier molecular flexibility index (Phi) is 8.03. The fourth-order valence-corrected chi connectivity index (χ4v) is 3.23. The van der Waals surface area contributed by atoms with Crippen molar-refractivity contribution in [2.75, 3.05) is 11.9 Å². The van der Waals surface area contributed by atoms with E-state index in [0.29, 0.717) is 18.9 Å². The van der Waals surface area contributed by atoms with Crippen molar-refractivity contribution in [3.05, 3.63) is 65.2 Å². The van der Waals surface area contributed by atoms with Crippen LogP contribution in [0, 0.1) is 17.2 Å². The predicted molar refractivity (Wildman–Crippen MR) is 109 cm³/mol. The Balaban J connectivity index is 1.92. The van der Waals surface area contributed by atoms with Gasteiger partial charge in [-0.25, -0.2) is 0 Å². The second kappa shape index (κ2) is 10.5. The molecule has 2 aromatic rings. The predicted octanol–water partition coefficient (Wildman–Crippen LogP) is 3.60. The topological polar surface area (TPSA) is 69.5 Å². The second-order valence-corrected chi connectivity index (χ2v) is 7.28. The van der Waals surface area contributed by atoms with E-state index in [0.717, 1.165) is 24.1 Å². The number of nitrogens with one attached hydrogen (secondary N) is 1. The molecular weight excluding hydrogens is 334 g/mol. The zero-order chi connectivity index (χ0) is 19.6. The molecule has 0 aromatic heterocycles. The highest BCUT2D eigenvalue weighted by Crippen LogP contribution is 2.18. The number of benzene rings is 2. The third-order valence-corrected chi connectivity index (χ3v) is 4.70. The summed E-state index contributed by atoms with van der Waals surface area (Å²) in [5, 5.41) is 13.8. The Morgan fingerprint density at radius 3 is 2.26 bits per heavy atom. The summed E-state index contributed by atoms with van der Waals surface area (Å²) in [5.41, 5.74) is 4.34. The number of rotatable bonds is 9. The van der Waals surface area contributed by atoms with Crippen LogP contribution in [0.5, 0.6) is 0 Å². The number of aryl methyl sites for hydroxylation is 1. The molecule has 3 N–H and O–H groups in total. The van der Waals surface area contributed by atoms with Gasteiger partial charge in [-0.15, -0.1) is 0 Å². The summed E-state index contributed by atoms with van der Waals surface area (Å²) in [5.74, 6) is 0.413. The van der Waals surface area contributed by atoms with Crippen molar-refractivity contribution in [1.29, 1.82) is 5.26 Å². The van der Waals surface area contributed by atoms with Crippen LogP contribution in [0.1, 0.15) is 49.9 Å². The van der Waals surface area contributed by atoms with Gasteiger partial charge >= 0.3 is 0 Å². The third kappa shape index (κ3) is 6.54. The lowest BCUT2D eigenvalue weighted by Gasteiger charge is -2.20. The Hall–Kier alpha value is -2.64. The molecule has 0 aliphatic heterocycles. The molecule has 0 aliphatic rings. The third-order valence-electron chi connectivity index (χ3n) is 4.70. The number of nitrogens with two attached hydrogens (primary N) is 1. The van der Waals surface area contributed by atoms with Gasteiger partial charge in [0.1, 0.15) is 6.04 Å². The molecule has 0 radical (unpaired) electrons. The van der Waals surface area contributed by atoms with Crippen LogP contribution < -0.4 is 10.6 Å². The van der Waals surface area contributed by atoms with Crippen molar-refractivity contribution in [3.63, 3.8) is 0 Å². The van der Waals surface area contributed by atoms with Gasteiger partial charge < -0.3 is 10.6 Å². The number of hydrogen-bond donors (Lipinski definition) is 2. The van der Waals surface area contributed by atoms with E-state index in [4.69, 9.17) is 5.26 Å². The number of carbonyl (C=O) groups excluding carboxylic acids is 1. The first kappa shape index (κ1) is 20.7. The summed E-state index contributed by atoms with van der Waals surface area (Å²) >= 11 is 0. The number of quaternary nitrogens is 1. The van der Waals surface area contributed by atoms with E-state index < -0.39 is 0 Å². The van der Waals surface area contributed by atoms with Crippen LogP contribution in [0.2, 0.25) is 0 Å². The maximum absolute atomic E-state index is 12.3. The minimum Gasteiger partial charge on any atom is -0.332 e. The Morgan fingerprint density at radius 2 is 1.70 bits per heavy atom. The monoisotopic (exact) mass is 364 g/mol. The van der Waals surface area contributed by atoms with Crippen LogP contribution in [0.3, 0.4) is 0 Å². The zero-order valence-electron chi connectivity index (χ0n) is 16.5. The number of carbonyl (C=O) groups is 1. The SMILES string of the molecule is CCCc1ccc([C@@H]([NH2+]CC(=O)Nc2ccc(CC#N)cc2)C(C)C)cc1. The highest BCUT2D eigenvalue weighted by Gasteiger charge is 2.20. The molecule has 0 saturated carbocycles. The van der Waals surface area contributed by atoms with Crippen molar-refractivity contribution in [2.24, 2.45) is 5.92 Å². The summed E-state index contributed by atoms with van der Waals surface area (Å²) in [7, 11) is 0. The Bertz CT molecular complexity index is 758. The van der Waals surface area contributed by atoms with E-state index in [2.05, 4.69) is 61.7 Å². The average molecular weight is 365 g/mol. The summed E-state index contributed by atoms with van der Waals surface area (Å²) < 4.78 is 0. The van der Waals surface area contributed by atoms with Crippen LogP contribution in [-0.4, -0.2) is 12.5 Å². The lowest BCUT2D eigenvalue weighted by Crippen LogP contribution is -2.88. The molecule has 27 heavy (non-hydrogen) atoms. The molecule has 0 saturated heterocycles. The minimum absolute atomic E-state index is 0.0173. The van der Waals surface area contributed by atoms with Gasteiger partial charge in [0, 0.05) is 17.2 Å². The molecule has 0 heterocycles. The standard InChI is InChI=1S/C23H29N3O/c1-4-5-18-6-10-20(11-7-18)23(17(2)3)25-16-22(27)26-21-12-8-19(9-13-21)14-15-24/h6-13,17,23,25H,4-5,14,16H2,1-3H3,(H,26,27)/p+1/t23-/m0/s1. The quantitative estimate of drug-likeness (QED) is 0.714. The maximum atomic E-state index is 12.3. The molecule has 0 fully saturated rings. The van der Waals surface area contributed by atoms with Crippen LogP contribution in [0.4, 0.5) is 5.69 Å². The fraction of sp³-hybridized carbons (Fsp3) is 0.391. The maximum Gasteiger partial charge on any atom is 0.279 e. The molecule has 1 amide bonds.